The lowest BCUT2D eigenvalue weighted by molar-refractivity contribution is 0.585. The van der Waals surface area contributed by atoms with Crippen molar-refractivity contribution in [1.82, 2.24) is 9.88 Å². The van der Waals surface area contributed by atoms with E-state index in [1.54, 1.807) is 28.2 Å². The Hall–Kier alpha value is 0.0500. The highest BCUT2D eigenvalue weighted by atomic mass is 79.9. The zero-order valence-corrected chi connectivity index (χ0v) is 15.4. The van der Waals surface area contributed by atoms with Crippen molar-refractivity contribution in [3.8, 4) is 0 Å². The Kier molecular flexibility index (Phi) is 5.83. The van der Waals surface area contributed by atoms with Crippen LogP contribution in [0.5, 0.6) is 0 Å². The molecule has 2 rings (SSSR count). The minimum Gasteiger partial charge on any atom is -0.312 e. The van der Waals surface area contributed by atoms with Gasteiger partial charge in [0.25, 0.3) is 5.56 Å². The SMILES string of the molecule is O=c1c(Br)cc(Br)cn1CCNCc1cc(Br)cs1. The Balaban J connectivity index is 1.88. The van der Waals surface area contributed by atoms with Gasteiger partial charge in [-0.05, 0) is 59.9 Å². The molecule has 0 fully saturated rings. The minimum absolute atomic E-state index is 0.0103. The molecule has 0 aliphatic carbocycles. The quantitative estimate of drug-likeness (QED) is 0.670. The van der Waals surface area contributed by atoms with Crippen molar-refractivity contribution in [3.63, 3.8) is 0 Å². The van der Waals surface area contributed by atoms with Crippen LogP contribution in [0.1, 0.15) is 4.88 Å². The molecule has 3 nitrogen and oxygen atoms in total. The first-order valence-electron chi connectivity index (χ1n) is 5.55. The second-order valence-electron chi connectivity index (χ2n) is 3.91. The molecule has 19 heavy (non-hydrogen) atoms. The number of nitrogens with one attached hydrogen (secondary N) is 1. The van der Waals surface area contributed by atoms with Gasteiger partial charge in [-0.25, -0.2) is 0 Å². The van der Waals surface area contributed by atoms with Gasteiger partial charge in [-0.2, -0.15) is 0 Å². The van der Waals surface area contributed by atoms with Gasteiger partial charge in [0.2, 0.25) is 0 Å². The van der Waals surface area contributed by atoms with E-state index in [4.69, 9.17) is 0 Å². The second kappa shape index (κ2) is 7.17. The van der Waals surface area contributed by atoms with E-state index in [9.17, 15) is 4.79 Å². The Bertz CT molecular complexity index is 624. The number of nitrogens with zero attached hydrogens (tertiary/aromatic N) is 1. The van der Waals surface area contributed by atoms with Crippen LogP contribution in [0.25, 0.3) is 0 Å². The molecule has 0 aromatic carbocycles. The highest BCUT2D eigenvalue weighted by Gasteiger charge is 2.03. The predicted octanol–water partition coefficient (Wildman–Crippen LogP) is 3.99. The molecule has 102 valence electrons. The van der Waals surface area contributed by atoms with Gasteiger partial charge < -0.3 is 9.88 Å². The van der Waals surface area contributed by atoms with Crippen LogP contribution in [0.2, 0.25) is 0 Å². The highest BCUT2D eigenvalue weighted by Crippen LogP contribution is 2.19. The summed E-state index contributed by atoms with van der Waals surface area (Å²) in [7, 11) is 0. The molecule has 0 radical (unpaired) electrons. The Labute approximate surface area is 140 Å². The fourth-order valence-electron chi connectivity index (χ4n) is 1.59. The van der Waals surface area contributed by atoms with Gasteiger partial charge >= 0.3 is 0 Å². The van der Waals surface area contributed by atoms with Crippen molar-refractivity contribution in [2.45, 2.75) is 13.1 Å². The molecule has 2 aromatic heterocycles. The maximum absolute atomic E-state index is 11.9. The summed E-state index contributed by atoms with van der Waals surface area (Å²) in [5, 5.41) is 5.39. The molecule has 0 unspecified atom stereocenters. The molecule has 0 spiro atoms. The number of rotatable bonds is 5. The molecule has 0 aliphatic rings. The summed E-state index contributed by atoms with van der Waals surface area (Å²) in [6.45, 7) is 2.21. The molecule has 2 aromatic rings. The fraction of sp³-hybridized carbons (Fsp3) is 0.250. The first-order chi connectivity index (χ1) is 9.06. The van der Waals surface area contributed by atoms with Gasteiger partial charge in [0.05, 0.1) is 4.47 Å². The third kappa shape index (κ3) is 4.53. The van der Waals surface area contributed by atoms with E-state index in [1.165, 1.54) is 4.88 Å². The topological polar surface area (TPSA) is 34.0 Å². The van der Waals surface area contributed by atoms with Crippen LogP contribution < -0.4 is 10.9 Å². The molecule has 2 heterocycles. The molecule has 0 bridgehead atoms. The van der Waals surface area contributed by atoms with E-state index in [2.05, 4.69) is 64.6 Å². The van der Waals surface area contributed by atoms with Crippen LogP contribution in [-0.2, 0) is 13.1 Å². The van der Waals surface area contributed by atoms with Gasteiger partial charge in [-0.3, -0.25) is 4.79 Å². The first-order valence-corrected chi connectivity index (χ1v) is 8.81. The lowest BCUT2D eigenvalue weighted by Gasteiger charge is -2.08. The van der Waals surface area contributed by atoms with E-state index in [0.717, 1.165) is 22.0 Å². The summed E-state index contributed by atoms with van der Waals surface area (Å²) in [5.74, 6) is 0. The molecule has 7 heteroatoms. The zero-order chi connectivity index (χ0) is 13.8. The number of hydrogen-bond donors (Lipinski definition) is 1. The van der Waals surface area contributed by atoms with Crippen molar-refractivity contribution >= 4 is 59.1 Å². The van der Waals surface area contributed by atoms with Gasteiger partial charge in [0.15, 0.2) is 0 Å². The molecular weight excluding hydrogens is 460 g/mol. The van der Waals surface area contributed by atoms with Gasteiger partial charge in [-0.1, -0.05) is 0 Å². The lowest BCUT2D eigenvalue weighted by Crippen LogP contribution is -2.26. The molecule has 1 N–H and O–H groups in total. The molecule has 0 atom stereocenters. The van der Waals surface area contributed by atoms with Crippen molar-refractivity contribution in [2.75, 3.05) is 6.54 Å². The minimum atomic E-state index is -0.0103. The van der Waals surface area contributed by atoms with E-state index in [-0.39, 0.29) is 5.56 Å². The van der Waals surface area contributed by atoms with Crippen molar-refractivity contribution in [3.05, 3.63) is 52.4 Å². The van der Waals surface area contributed by atoms with Gasteiger partial charge in [0, 0.05) is 45.0 Å². The smallest absolute Gasteiger partial charge is 0.264 e. The van der Waals surface area contributed by atoms with Crippen LogP contribution in [-0.4, -0.2) is 11.1 Å². The number of halogens is 3. The van der Waals surface area contributed by atoms with E-state index < -0.39 is 0 Å². The average molecular weight is 471 g/mol. The number of pyridine rings is 1. The summed E-state index contributed by atoms with van der Waals surface area (Å²) >= 11 is 11.8. The van der Waals surface area contributed by atoms with Crippen LogP contribution in [0.15, 0.2) is 41.9 Å². The Morgan fingerprint density at radius 1 is 1.21 bits per heavy atom. The molecule has 0 amide bonds. The molecule has 0 aliphatic heterocycles. The maximum Gasteiger partial charge on any atom is 0.264 e. The van der Waals surface area contributed by atoms with E-state index >= 15 is 0 Å². The summed E-state index contributed by atoms with van der Waals surface area (Å²) in [6, 6.07) is 3.86. The Morgan fingerprint density at radius 3 is 2.68 bits per heavy atom. The monoisotopic (exact) mass is 468 g/mol. The number of aromatic nitrogens is 1. The lowest BCUT2D eigenvalue weighted by atomic mass is 10.4. The van der Waals surface area contributed by atoms with Crippen LogP contribution in [0.3, 0.4) is 0 Å². The normalized spacial score (nSPS) is 10.9. The first kappa shape index (κ1) is 15.4. The van der Waals surface area contributed by atoms with Gasteiger partial charge in [0.1, 0.15) is 0 Å². The van der Waals surface area contributed by atoms with Gasteiger partial charge in [-0.15, -0.1) is 11.3 Å². The number of hydrogen-bond acceptors (Lipinski definition) is 3. The third-order valence-electron chi connectivity index (χ3n) is 2.46. The fourth-order valence-corrected chi connectivity index (χ4v) is 4.27. The third-order valence-corrected chi connectivity index (χ3v) is 5.16. The zero-order valence-electron chi connectivity index (χ0n) is 9.83. The molecular formula is C12H11Br3N2OS. The number of thiophene rings is 1. The van der Waals surface area contributed by atoms with Crippen molar-refractivity contribution in [2.24, 2.45) is 0 Å². The summed E-state index contributed by atoms with van der Waals surface area (Å²) in [4.78, 5) is 13.1. The molecule has 0 saturated carbocycles. The highest BCUT2D eigenvalue weighted by molar-refractivity contribution is 9.11. The Morgan fingerprint density at radius 2 is 2.00 bits per heavy atom. The van der Waals surface area contributed by atoms with E-state index in [0.29, 0.717) is 11.0 Å². The summed E-state index contributed by atoms with van der Waals surface area (Å²) in [6.07, 6.45) is 1.80. The predicted molar refractivity (Wildman–Crippen MR) is 89.8 cm³/mol. The maximum atomic E-state index is 11.9. The molecule has 0 saturated heterocycles. The largest absolute Gasteiger partial charge is 0.312 e. The average Bonchev–Trinajstić information content (AvgIpc) is 2.76. The van der Waals surface area contributed by atoms with Crippen LogP contribution in [0.4, 0.5) is 0 Å². The van der Waals surface area contributed by atoms with Crippen molar-refractivity contribution in [1.29, 1.82) is 0 Å². The standard InChI is InChI=1S/C12H11Br3N2OS/c13-8-4-11(15)12(18)17(6-8)2-1-16-5-10-3-9(14)7-19-10/h3-4,6-7,16H,1-2,5H2. The van der Waals surface area contributed by atoms with E-state index in [1.807, 2.05) is 0 Å². The van der Waals surface area contributed by atoms with Crippen molar-refractivity contribution < 1.29 is 0 Å². The second-order valence-corrected chi connectivity index (χ2v) is 7.59. The van der Waals surface area contributed by atoms with Crippen LogP contribution in [0, 0.1) is 0 Å². The summed E-state index contributed by atoms with van der Waals surface area (Å²) < 4.78 is 4.26. The van der Waals surface area contributed by atoms with Crippen LogP contribution >= 0.6 is 59.1 Å². The summed E-state index contributed by atoms with van der Waals surface area (Å²) in [5.41, 5.74) is -0.0103.